The Morgan fingerprint density at radius 2 is 1.72 bits per heavy atom. The molecule has 3 aliphatic rings. The minimum atomic E-state index is -0.442. The van der Waals surface area contributed by atoms with E-state index in [1.165, 1.54) is 6.07 Å². The van der Waals surface area contributed by atoms with Gasteiger partial charge in [-0.1, -0.05) is 36.4 Å². The van der Waals surface area contributed by atoms with E-state index in [1.54, 1.807) is 12.1 Å². The van der Waals surface area contributed by atoms with Gasteiger partial charge in [0.25, 0.3) is 0 Å². The van der Waals surface area contributed by atoms with Gasteiger partial charge in [0.1, 0.15) is 5.82 Å². The number of nitrogens with zero attached hydrogens (tertiary/aromatic N) is 1. The number of benzene rings is 2. The number of Topliss-reactive ketones (excluding diaryl/α,β-unsaturated/α-hetero) is 2. The van der Waals surface area contributed by atoms with Crippen LogP contribution in [0.1, 0.15) is 36.3 Å². The van der Waals surface area contributed by atoms with Crippen LogP contribution in [-0.2, 0) is 16.1 Å². The van der Waals surface area contributed by atoms with E-state index in [9.17, 15) is 14.0 Å². The largest absolute Gasteiger partial charge is 0.360 e. The van der Waals surface area contributed by atoms with Crippen molar-refractivity contribution in [1.29, 1.82) is 0 Å². The number of nitrogens with one attached hydrogen (secondary N) is 1. The van der Waals surface area contributed by atoms with Crippen molar-refractivity contribution < 1.29 is 14.0 Å². The molecule has 2 heterocycles. The second-order valence-electron chi connectivity index (χ2n) is 8.35. The maximum atomic E-state index is 13.9. The van der Waals surface area contributed by atoms with Gasteiger partial charge in [0.05, 0.1) is 11.0 Å². The van der Waals surface area contributed by atoms with Crippen molar-refractivity contribution in [3.8, 4) is 0 Å². The van der Waals surface area contributed by atoms with E-state index in [0.717, 1.165) is 35.4 Å². The van der Waals surface area contributed by atoms with Crippen LogP contribution in [-0.4, -0.2) is 29.6 Å². The highest BCUT2D eigenvalue weighted by Crippen LogP contribution is 2.44. The van der Waals surface area contributed by atoms with E-state index in [1.807, 2.05) is 18.2 Å². The molecule has 2 aliphatic heterocycles. The molecule has 32 heavy (non-hydrogen) atoms. The summed E-state index contributed by atoms with van der Waals surface area (Å²) in [7, 11) is 0. The maximum absolute atomic E-state index is 13.9. The standard InChI is InChI=1S/C25H22BrFN2O2.ClH/c26-17-11-16(9-10-18(17)27)23-24-19(7-4-8-21(24)30)28-20-13-29(14-22(31)25(20)23)12-15-5-2-1-3-6-15;/h1-3,5-6,9-11,23,28H,4,7-8,12-14H2;1H. The lowest BCUT2D eigenvalue weighted by Crippen LogP contribution is -2.45. The zero-order valence-electron chi connectivity index (χ0n) is 17.4. The van der Waals surface area contributed by atoms with Crippen molar-refractivity contribution in [2.24, 2.45) is 0 Å². The van der Waals surface area contributed by atoms with Crippen molar-refractivity contribution in [2.45, 2.75) is 31.7 Å². The van der Waals surface area contributed by atoms with Gasteiger partial charge >= 0.3 is 0 Å². The monoisotopic (exact) mass is 516 g/mol. The Hall–Kier alpha value is -2.28. The fourth-order valence-electron chi connectivity index (χ4n) is 4.90. The Kier molecular flexibility index (Phi) is 6.65. The van der Waals surface area contributed by atoms with Crippen molar-refractivity contribution in [1.82, 2.24) is 10.2 Å². The van der Waals surface area contributed by atoms with Crippen LogP contribution in [0.2, 0.25) is 0 Å². The van der Waals surface area contributed by atoms with Crippen molar-refractivity contribution >= 4 is 39.9 Å². The van der Waals surface area contributed by atoms with E-state index in [0.29, 0.717) is 41.7 Å². The fraction of sp³-hybridized carbons (Fsp3) is 0.280. The van der Waals surface area contributed by atoms with Crippen LogP contribution in [0.25, 0.3) is 0 Å². The molecule has 4 nitrogen and oxygen atoms in total. The summed E-state index contributed by atoms with van der Waals surface area (Å²) in [5.74, 6) is -0.715. The van der Waals surface area contributed by atoms with Gasteiger partial charge in [-0.2, -0.15) is 0 Å². The smallest absolute Gasteiger partial charge is 0.175 e. The average molecular weight is 518 g/mol. The van der Waals surface area contributed by atoms with E-state index in [-0.39, 0.29) is 29.8 Å². The molecule has 7 heteroatoms. The minimum absolute atomic E-state index is 0. The van der Waals surface area contributed by atoms with Crippen molar-refractivity contribution in [3.05, 3.63) is 92.5 Å². The average Bonchev–Trinajstić information content (AvgIpc) is 2.75. The predicted octanol–water partition coefficient (Wildman–Crippen LogP) is 5.04. The van der Waals surface area contributed by atoms with Gasteiger partial charge < -0.3 is 5.32 Å². The minimum Gasteiger partial charge on any atom is -0.360 e. The summed E-state index contributed by atoms with van der Waals surface area (Å²) in [5, 5.41) is 3.45. The summed E-state index contributed by atoms with van der Waals surface area (Å²) >= 11 is 3.26. The molecule has 2 aromatic carbocycles. The Morgan fingerprint density at radius 3 is 2.47 bits per heavy atom. The molecule has 0 aromatic heterocycles. The number of allylic oxidation sites excluding steroid dienone is 2. The summed E-state index contributed by atoms with van der Waals surface area (Å²) in [4.78, 5) is 28.4. The number of carbonyl (C=O) groups is 2. The Morgan fingerprint density at radius 1 is 0.969 bits per heavy atom. The van der Waals surface area contributed by atoms with Gasteiger partial charge in [-0.05, 0) is 52.0 Å². The summed E-state index contributed by atoms with van der Waals surface area (Å²) in [6.45, 7) is 1.59. The van der Waals surface area contributed by atoms with Crippen molar-refractivity contribution in [2.75, 3.05) is 13.1 Å². The molecule has 0 radical (unpaired) electrons. The molecule has 0 saturated heterocycles. The molecule has 2 aromatic rings. The lowest BCUT2D eigenvalue weighted by molar-refractivity contribution is -0.118. The van der Waals surface area contributed by atoms with E-state index < -0.39 is 5.92 Å². The van der Waals surface area contributed by atoms with Crippen molar-refractivity contribution in [3.63, 3.8) is 0 Å². The molecule has 1 aliphatic carbocycles. The third kappa shape index (κ3) is 4.19. The van der Waals surface area contributed by atoms with Crippen LogP contribution in [0, 0.1) is 5.82 Å². The molecular weight excluding hydrogens is 495 g/mol. The van der Waals surface area contributed by atoms with E-state index in [4.69, 9.17) is 0 Å². The third-order valence-corrected chi connectivity index (χ3v) is 6.84. The van der Waals surface area contributed by atoms with E-state index >= 15 is 0 Å². The highest BCUT2D eigenvalue weighted by atomic mass is 79.9. The normalized spacial score (nSPS) is 21.0. The number of ketones is 2. The number of hydrogen-bond donors (Lipinski definition) is 1. The summed E-state index contributed by atoms with van der Waals surface area (Å²) in [5.41, 5.74) is 5.03. The second-order valence-corrected chi connectivity index (χ2v) is 9.20. The van der Waals surface area contributed by atoms with Crippen LogP contribution in [0.4, 0.5) is 4.39 Å². The van der Waals surface area contributed by atoms with Crippen LogP contribution in [0.15, 0.2) is 75.5 Å². The third-order valence-electron chi connectivity index (χ3n) is 6.24. The highest BCUT2D eigenvalue weighted by molar-refractivity contribution is 9.10. The number of rotatable bonds is 3. The van der Waals surface area contributed by atoms with Gasteiger partial charge in [-0.15, -0.1) is 12.4 Å². The first-order valence-corrected chi connectivity index (χ1v) is 11.3. The molecule has 0 amide bonds. The molecule has 0 fully saturated rings. The SMILES string of the molecule is Cl.O=C1CCCC2=C1C(c1ccc(F)c(Br)c1)C1=C(CN(Cc3ccccc3)CC1=O)N2. The number of hydrogen-bond acceptors (Lipinski definition) is 4. The van der Waals surface area contributed by atoms with Gasteiger partial charge in [0.2, 0.25) is 0 Å². The first-order valence-electron chi connectivity index (χ1n) is 10.5. The van der Waals surface area contributed by atoms with Gasteiger partial charge in [0.15, 0.2) is 11.6 Å². The molecule has 1 atom stereocenters. The van der Waals surface area contributed by atoms with Gasteiger partial charge in [-0.25, -0.2) is 4.39 Å². The molecule has 0 bridgehead atoms. The summed E-state index contributed by atoms with van der Waals surface area (Å²) < 4.78 is 14.3. The van der Waals surface area contributed by atoms with Crippen LogP contribution in [0.5, 0.6) is 0 Å². The Bertz CT molecular complexity index is 1150. The Balaban J connectivity index is 0.00000245. The quantitative estimate of drug-likeness (QED) is 0.620. The molecule has 5 rings (SSSR count). The molecule has 0 spiro atoms. The first-order chi connectivity index (χ1) is 15.0. The molecular formula is C25H23BrClFN2O2. The number of halogens is 3. The zero-order chi connectivity index (χ0) is 21.5. The van der Waals surface area contributed by atoms with Gasteiger partial charge in [0, 0.05) is 48.0 Å². The first kappa shape index (κ1) is 22.9. The molecule has 1 N–H and O–H groups in total. The lowest BCUT2D eigenvalue weighted by atomic mass is 9.73. The zero-order valence-corrected chi connectivity index (χ0v) is 19.8. The molecule has 166 valence electrons. The predicted molar refractivity (Wildman–Crippen MR) is 127 cm³/mol. The molecule has 0 saturated carbocycles. The summed E-state index contributed by atoms with van der Waals surface area (Å²) in [6.07, 6.45) is 2.06. The van der Waals surface area contributed by atoms with E-state index in [2.05, 4.69) is 38.3 Å². The second kappa shape index (κ2) is 9.30. The highest BCUT2D eigenvalue weighted by Gasteiger charge is 2.41. The number of dihydropyridines is 1. The number of carbonyl (C=O) groups excluding carboxylic acids is 2. The lowest BCUT2D eigenvalue weighted by Gasteiger charge is -2.40. The fourth-order valence-corrected chi connectivity index (χ4v) is 5.29. The van der Waals surface area contributed by atoms with Crippen LogP contribution < -0.4 is 5.32 Å². The maximum Gasteiger partial charge on any atom is 0.175 e. The van der Waals surface area contributed by atoms with Crippen LogP contribution >= 0.6 is 28.3 Å². The topological polar surface area (TPSA) is 49.4 Å². The van der Waals surface area contributed by atoms with Crippen LogP contribution in [0.3, 0.4) is 0 Å². The Labute approximate surface area is 201 Å². The molecule has 1 unspecified atom stereocenters. The summed E-state index contributed by atoms with van der Waals surface area (Å²) in [6, 6.07) is 14.9. The van der Waals surface area contributed by atoms with Gasteiger partial charge in [-0.3, -0.25) is 14.5 Å².